The average molecular weight is 356 g/mol. The second-order valence-corrected chi connectivity index (χ2v) is 7.22. The summed E-state index contributed by atoms with van der Waals surface area (Å²) in [7, 11) is 0. The predicted molar refractivity (Wildman–Crippen MR) is 94.5 cm³/mol. The fourth-order valence-corrected chi connectivity index (χ4v) is 4.36. The molecule has 0 saturated heterocycles. The molecule has 2 heterocycles. The second-order valence-electron chi connectivity index (χ2n) is 7.22. The molecule has 2 aromatic rings. The number of amides is 2. The van der Waals surface area contributed by atoms with E-state index in [0.717, 1.165) is 25.7 Å². The van der Waals surface area contributed by atoms with E-state index < -0.39 is 11.9 Å². The minimum atomic E-state index is -0.736. The number of hydrogen-bond acceptors (Lipinski definition) is 3. The van der Waals surface area contributed by atoms with Crippen molar-refractivity contribution in [2.45, 2.75) is 44.1 Å². The summed E-state index contributed by atoms with van der Waals surface area (Å²) >= 11 is 0. The van der Waals surface area contributed by atoms with Gasteiger partial charge in [-0.2, -0.15) is 0 Å². The van der Waals surface area contributed by atoms with Crippen LogP contribution in [0.4, 0.5) is 10.1 Å². The van der Waals surface area contributed by atoms with E-state index >= 15 is 0 Å². The summed E-state index contributed by atoms with van der Waals surface area (Å²) in [6, 6.07) is 7.32. The van der Waals surface area contributed by atoms with E-state index in [1.807, 2.05) is 0 Å². The number of carbonyl (C=O) groups excluding carboxylic acids is 2. The first-order chi connectivity index (χ1) is 12.5. The molecule has 0 bridgehead atoms. The molecule has 4 rings (SSSR count). The minimum absolute atomic E-state index is 0.157. The molecule has 1 aromatic heterocycles. The van der Waals surface area contributed by atoms with Gasteiger partial charge >= 0.3 is 0 Å². The number of fused-ring (bicyclic) bond motifs is 2. The van der Waals surface area contributed by atoms with Gasteiger partial charge < -0.3 is 14.6 Å². The van der Waals surface area contributed by atoms with Gasteiger partial charge in [-0.05, 0) is 44.0 Å². The molecular formula is C20H21FN2O3. The van der Waals surface area contributed by atoms with E-state index in [0.29, 0.717) is 17.8 Å². The van der Waals surface area contributed by atoms with Crippen LogP contribution in [-0.2, 0) is 10.2 Å². The number of anilines is 1. The Bertz CT molecular complexity index is 841. The van der Waals surface area contributed by atoms with Crippen LogP contribution in [-0.4, -0.2) is 24.4 Å². The summed E-state index contributed by atoms with van der Waals surface area (Å²) in [6.45, 7) is 2.12. The Morgan fingerprint density at radius 3 is 2.69 bits per heavy atom. The summed E-state index contributed by atoms with van der Waals surface area (Å²) in [5.41, 5.74) is 1.01. The van der Waals surface area contributed by atoms with Crippen LogP contribution >= 0.6 is 0 Å². The Hall–Kier alpha value is -2.63. The lowest BCUT2D eigenvalue weighted by Gasteiger charge is -2.26. The van der Waals surface area contributed by atoms with Crippen molar-refractivity contribution in [2.24, 2.45) is 0 Å². The second kappa shape index (κ2) is 6.27. The van der Waals surface area contributed by atoms with E-state index in [1.165, 1.54) is 12.3 Å². The molecule has 1 aliphatic carbocycles. The first-order valence-electron chi connectivity index (χ1n) is 8.97. The molecule has 2 aliphatic rings. The summed E-state index contributed by atoms with van der Waals surface area (Å²) in [4.78, 5) is 26.8. The zero-order valence-corrected chi connectivity index (χ0v) is 14.6. The Morgan fingerprint density at radius 1 is 1.23 bits per heavy atom. The number of hydrogen-bond donors (Lipinski definition) is 1. The zero-order chi connectivity index (χ0) is 18.3. The molecule has 1 unspecified atom stereocenters. The van der Waals surface area contributed by atoms with E-state index in [1.54, 1.807) is 36.1 Å². The highest BCUT2D eigenvalue weighted by atomic mass is 19.1. The number of rotatable bonds is 3. The van der Waals surface area contributed by atoms with Gasteiger partial charge in [0.15, 0.2) is 5.76 Å². The molecular weight excluding hydrogens is 335 g/mol. The maximum atomic E-state index is 14.6. The maximum Gasteiger partial charge on any atom is 0.287 e. The summed E-state index contributed by atoms with van der Waals surface area (Å²) in [6.07, 6.45) is 5.27. The van der Waals surface area contributed by atoms with E-state index in [2.05, 4.69) is 5.32 Å². The van der Waals surface area contributed by atoms with Gasteiger partial charge in [0.2, 0.25) is 5.91 Å². The standard InChI is InChI=1S/C20H21FN2O3/c1-13(22-18(24)16-8-5-11-26-16)19(25)23-12-20(9-2-3-10-20)17-14(21)6-4-7-15(17)23/h4-8,11,13H,2-3,9-10,12H2,1H3,(H,22,24). The first kappa shape index (κ1) is 16.8. The first-order valence-corrected chi connectivity index (χ1v) is 8.97. The topological polar surface area (TPSA) is 62.6 Å². The fraction of sp³-hybridized carbons (Fsp3) is 0.400. The van der Waals surface area contributed by atoms with Gasteiger partial charge in [-0.3, -0.25) is 9.59 Å². The zero-order valence-electron chi connectivity index (χ0n) is 14.6. The number of furan rings is 1. The number of nitrogens with zero attached hydrogens (tertiary/aromatic N) is 1. The van der Waals surface area contributed by atoms with Gasteiger partial charge in [0.1, 0.15) is 11.9 Å². The monoisotopic (exact) mass is 356 g/mol. The molecule has 1 fully saturated rings. The highest BCUT2D eigenvalue weighted by Gasteiger charge is 2.48. The molecule has 0 radical (unpaired) electrons. The normalized spacial score (nSPS) is 18.8. The summed E-state index contributed by atoms with van der Waals surface area (Å²) in [5.74, 6) is -0.762. The molecule has 2 amide bonds. The van der Waals surface area contributed by atoms with Gasteiger partial charge in [-0.15, -0.1) is 0 Å². The third-order valence-electron chi connectivity index (χ3n) is 5.56. The Kier molecular flexibility index (Phi) is 4.05. The summed E-state index contributed by atoms with van der Waals surface area (Å²) < 4.78 is 19.7. The molecule has 136 valence electrons. The van der Waals surface area contributed by atoms with Crippen LogP contribution in [0.2, 0.25) is 0 Å². The van der Waals surface area contributed by atoms with Crippen molar-refractivity contribution in [3.63, 3.8) is 0 Å². The van der Waals surface area contributed by atoms with Crippen molar-refractivity contribution in [1.29, 1.82) is 0 Å². The van der Waals surface area contributed by atoms with Gasteiger partial charge in [0.25, 0.3) is 5.91 Å². The highest BCUT2D eigenvalue weighted by Crippen LogP contribution is 2.51. The fourth-order valence-electron chi connectivity index (χ4n) is 4.36. The molecule has 1 atom stereocenters. The molecule has 1 aromatic carbocycles. The van der Waals surface area contributed by atoms with Crippen LogP contribution in [0.25, 0.3) is 0 Å². The van der Waals surface area contributed by atoms with E-state index in [4.69, 9.17) is 4.42 Å². The molecule has 1 N–H and O–H groups in total. The van der Waals surface area contributed by atoms with Crippen molar-refractivity contribution in [3.8, 4) is 0 Å². The SMILES string of the molecule is CC(NC(=O)c1ccco1)C(=O)N1CC2(CCCC2)c2c(F)cccc21. The molecule has 1 spiro atoms. The Balaban J connectivity index is 1.59. The smallest absolute Gasteiger partial charge is 0.287 e. The van der Waals surface area contributed by atoms with Gasteiger partial charge in [-0.1, -0.05) is 18.9 Å². The molecule has 1 aliphatic heterocycles. The number of halogens is 1. The van der Waals surface area contributed by atoms with Gasteiger partial charge in [-0.25, -0.2) is 4.39 Å². The molecule has 26 heavy (non-hydrogen) atoms. The third kappa shape index (κ3) is 2.60. The molecule has 1 saturated carbocycles. The van der Waals surface area contributed by atoms with Crippen LogP contribution in [0.1, 0.15) is 48.7 Å². The molecule has 5 nitrogen and oxygen atoms in total. The Labute approximate surface area is 151 Å². The van der Waals surface area contributed by atoms with Crippen molar-refractivity contribution in [1.82, 2.24) is 5.32 Å². The van der Waals surface area contributed by atoms with E-state index in [-0.39, 0.29) is 22.9 Å². The predicted octanol–water partition coefficient (Wildman–Crippen LogP) is 3.40. The quantitative estimate of drug-likeness (QED) is 0.917. The third-order valence-corrected chi connectivity index (χ3v) is 5.56. The van der Waals surface area contributed by atoms with Crippen molar-refractivity contribution >= 4 is 17.5 Å². The van der Waals surface area contributed by atoms with Crippen LogP contribution in [0.5, 0.6) is 0 Å². The van der Waals surface area contributed by atoms with Crippen molar-refractivity contribution in [2.75, 3.05) is 11.4 Å². The minimum Gasteiger partial charge on any atom is -0.459 e. The Morgan fingerprint density at radius 2 is 2.00 bits per heavy atom. The van der Waals surface area contributed by atoms with Crippen molar-refractivity contribution < 1.29 is 18.4 Å². The van der Waals surface area contributed by atoms with Crippen LogP contribution < -0.4 is 10.2 Å². The van der Waals surface area contributed by atoms with Gasteiger partial charge in [0, 0.05) is 17.5 Å². The van der Waals surface area contributed by atoms with Gasteiger partial charge in [0.05, 0.1) is 12.0 Å². The van der Waals surface area contributed by atoms with Crippen molar-refractivity contribution in [3.05, 3.63) is 53.7 Å². The van der Waals surface area contributed by atoms with Crippen LogP contribution in [0.3, 0.4) is 0 Å². The lowest BCUT2D eigenvalue weighted by molar-refractivity contribution is -0.120. The lowest BCUT2D eigenvalue weighted by atomic mass is 9.80. The van der Waals surface area contributed by atoms with Crippen LogP contribution in [0, 0.1) is 5.82 Å². The number of carbonyl (C=O) groups is 2. The average Bonchev–Trinajstić information content (AvgIpc) is 3.36. The summed E-state index contributed by atoms with van der Waals surface area (Å²) in [5, 5.41) is 2.67. The number of benzene rings is 1. The number of nitrogens with one attached hydrogen (secondary N) is 1. The lowest BCUT2D eigenvalue weighted by Crippen LogP contribution is -2.48. The molecule has 6 heteroatoms. The van der Waals surface area contributed by atoms with Crippen LogP contribution in [0.15, 0.2) is 41.0 Å². The highest BCUT2D eigenvalue weighted by molar-refractivity contribution is 6.03. The maximum absolute atomic E-state index is 14.6. The van der Waals surface area contributed by atoms with E-state index in [9.17, 15) is 14.0 Å². The largest absolute Gasteiger partial charge is 0.459 e.